The summed E-state index contributed by atoms with van der Waals surface area (Å²) in [6.45, 7) is 8.49. The van der Waals surface area contributed by atoms with Crippen molar-refractivity contribution in [3.05, 3.63) is 35.8 Å². The van der Waals surface area contributed by atoms with E-state index in [-0.39, 0.29) is 17.0 Å². The molecule has 0 bridgehead atoms. The Bertz CT molecular complexity index is 607. The average Bonchev–Trinajstić information content (AvgIpc) is 2.70. The Hall–Kier alpha value is -1.64. The lowest BCUT2D eigenvalue weighted by Gasteiger charge is -2.26. The van der Waals surface area contributed by atoms with Crippen molar-refractivity contribution in [2.24, 2.45) is 11.3 Å². The fourth-order valence-corrected chi connectivity index (χ4v) is 2.02. The molecule has 2 aromatic rings. The van der Waals surface area contributed by atoms with E-state index >= 15 is 0 Å². The molecule has 0 saturated carbocycles. The van der Waals surface area contributed by atoms with Gasteiger partial charge < -0.3 is 4.98 Å². The molecule has 2 nitrogen and oxygen atoms in total. The van der Waals surface area contributed by atoms with Crippen LogP contribution in [0.25, 0.3) is 10.9 Å². The van der Waals surface area contributed by atoms with Crippen LogP contribution in [0.2, 0.25) is 0 Å². The highest BCUT2D eigenvalue weighted by atomic mass is 19.1. The molecule has 1 unspecified atom stereocenters. The predicted octanol–water partition coefficient (Wildman–Crippen LogP) is 4.56. The number of carbonyl (C=O) groups is 1. The Kier molecular flexibility index (Phi) is 3.48. The van der Waals surface area contributed by atoms with Crippen molar-refractivity contribution in [2.75, 3.05) is 0 Å². The zero-order valence-corrected chi connectivity index (χ0v) is 11.9. The lowest BCUT2D eigenvalue weighted by Crippen LogP contribution is -2.20. The van der Waals surface area contributed by atoms with Crippen molar-refractivity contribution in [3.8, 4) is 0 Å². The predicted molar refractivity (Wildman–Crippen MR) is 75.8 cm³/mol. The number of fused-ring (bicyclic) bond motifs is 1. The van der Waals surface area contributed by atoms with E-state index in [1.807, 2.05) is 0 Å². The number of rotatable bonds is 3. The van der Waals surface area contributed by atoms with Crippen LogP contribution >= 0.6 is 0 Å². The van der Waals surface area contributed by atoms with Crippen molar-refractivity contribution >= 4 is 16.7 Å². The van der Waals surface area contributed by atoms with E-state index in [2.05, 4.69) is 32.7 Å². The second-order valence-corrected chi connectivity index (χ2v) is 6.29. The lowest BCUT2D eigenvalue weighted by atomic mass is 9.78. The zero-order valence-electron chi connectivity index (χ0n) is 11.9. The SMILES string of the molecule is CC(CC(=O)c1c[nH]c2cc(F)ccc12)C(C)(C)C. The van der Waals surface area contributed by atoms with Crippen LogP contribution in [0.1, 0.15) is 44.5 Å². The molecule has 102 valence electrons. The number of hydrogen-bond acceptors (Lipinski definition) is 1. The van der Waals surface area contributed by atoms with Crippen LogP contribution in [0.5, 0.6) is 0 Å². The lowest BCUT2D eigenvalue weighted by molar-refractivity contribution is 0.0929. The van der Waals surface area contributed by atoms with E-state index in [9.17, 15) is 9.18 Å². The summed E-state index contributed by atoms with van der Waals surface area (Å²) >= 11 is 0. The minimum atomic E-state index is -0.295. The van der Waals surface area contributed by atoms with Crippen LogP contribution in [0.3, 0.4) is 0 Å². The minimum absolute atomic E-state index is 0.105. The fraction of sp³-hybridized carbons (Fsp3) is 0.438. The molecule has 1 aromatic heterocycles. The maximum atomic E-state index is 13.1. The van der Waals surface area contributed by atoms with Crippen molar-refractivity contribution in [3.63, 3.8) is 0 Å². The van der Waals surface area contributed by atoms with Gasteiger partial charge in [-0.2, -0.15) is 0 Å². The molecular weight excluding hydrogens is 241 g/mol. The first-order valence-corrected chi connectivity index (χ1v) is 6.59. The van der Waals surface area contributed by atoms with Gasteiger partial charge in [0.1, 0.15) is 5.82 Å². The summed E-state index contributed by atoms with van der Waals surface area (Å²) in [6, 6.07) is 4.47. The van der Waals surface area contributed by atoms with Crippen LogP contribution < -0.4 is 0 Å². The highest BCUT2D eigenvalue weighted by Crippen LogP contribution is 2.30. The molecule has 0 radical (unpaired) electrons. The second-order valence-electron chi connectivity index (χ2n) is 6.29. The molecule has 3 heteroatoms. The van der Waals surface area contributed by atoms with Gasteiger partial charge in [0.2, 0.25) is 0 Å². The van der Waals surface area contributed by atoms with Crippen LogP contribution in [0.15, 0.2) is 24.4 Å². The van der Waals surface area contributed by atoms with Gasteiger partial charge in [0.15, 0.2) is 5.78 Å². The number of hydrogen-bond donors (Lipinski definition) is 1. The molecule has 1 N–H and O–H groups in total. The van der Waals surface area contributed by atoms with E-state index in [4.69, 9.17) is 0 Å². The monoisotopic (exact) mass is 261 g/mol. The number of nitrogens with one attached hydrogen (secondary N) is 1. The van der Waals surface area contributed by atoms with Crippen molar-refractivity contribution in [2.45, 2.75) is 34.1 Å². The molecule has 0 amide bonds. The largest absolute Gasteiger partial charge is 0.360 e. The summed E-state index contributed by atoms with van der Waals surface area (Å²) in [5.74, 6) is 0.113. The first kappa shape index (κ1) is 13.8. The smallest absolute Gasteiger partial charge is 0.165 e. The van der Waals surface area contributed by atoms with E-state index in [0.717, 1.165) is 5.39 Å². The van der Waals surface area contributed by atoms with E-state index < -0.39 is 0 Å². The maximum absolute atomic E-state index is 13.1. The molecule has 1 aromatic carbocycles. The third-order valence-electron chi connectivity index (χ3n) is 3.91. The first-order valence-electron chi connectivity index (χ1n) is 6.59. The van der Waals surface area contributed by atoms with Gasteiger partial charge in [-0.05, 0) is 29.5 Å². The zero-order chi connectivity index (χ0) is 14.2. The Balaban J connectivity index is 2.27. The van der Waals surface area contributed by atoms with Crippen LogP contribution in [0, 0.1) is 17.2 Å². The number of benzene rings is 1. The van der Waals surface area contributed by atoms with E-state index in [1.54, 1.807) is 12.3 Å². The van der Waals surface area contributed by atoms with Crippen LogP contribution in [0.4, 0.5) is 4.39 Å². The Labute approximate surface area is 113 Å². The van der Waals surface area contributed by atoms with Gasteiger partial charge in [-0.1, -0.05) is 27.7 Å². The number of Topliss-reactive ketones (excluding diaryl/α,β-unsaturated/α-hetero) is 1. The van der Waals surface area contributed by atoms with Gasteiger partial charge in [-0.3, -0.25) is 4.79 Å². The molecule has 0 saturated heterocycles. The molecule has 2 rings (SSSR count). The highest BCUT2D eigenvalue weighted by molar-refractivity contribution is 6.07. The number of carbonyl (C=O) groups excluding carboxylic acids is 1. The second kappa shape index (κ2) is 4.80. The molecule has 0 aliphatic carbocycles. The summed E-state index contributed by atoms with van der Waals surface area (Å²) in [6.07, 6.45) is 2.19. The fourth-order valence-electron chi connectivity index (χ4n) is 2.02. The van der Waals surface area contributed by atoms with Crippen LogP contribution in [-0.4, -0.2) is 10.8 Å². The molecular formula is C16H20FNO. The first-order chi connectivity index (χ1) is 8.79. The van der Waals surface area contributed by atoms with Gasteiger partial charge in [0.05, 0.1) is 0 Å². The molecule has 0 aliphatic rings. The molecule has 0 fully saturated rings. The normalized spacial score (nSPS) is 13.7. The van der Waals surface area contributed by atoms with Gasteiger partial charge in [0.25, 0.3) is 0 Å². The van der Waals surface area contributed by atoms with Gasteiger partial charge in [-0.15, -0.1) is 0 Å². The topological polar surface area (TPSA) is 32.9 Å². The molecule has 0 spiro atoms. The number of ketones is 1. The van der Waals surface area contributed by atoms with Gasteiger partial charge >= 0.3 is 0 Å². The standard InChI is InChI=1S/C16H20FNO/c1-10(16(2,3)4)7-15(19)13-9-18-14-8-11(17)5-6-12(13)14/h5-6,8-10,18H,7H2,1-4H3. The summed E-state index contributed by atoms with van der Waals surface area (Å²) in [7, 11) is 0. The summed E-state index contributed by atoms with van der Waals surface area (Å²) < 4.78 is 13.1. The van der Waals surface area contributed by atoms with Crippen LogP contribution in [-0.2, 0) is 0 Å². The number of halogens is 1. The molecule has 1 heterocycles. The minimum Gasteiger partial charge on any atom is -0.360 e. The molecule has 1 atom stereocenters. The number of aromatic amines is 1. The van der Waals surface area contributed by atoms with E-state index in [1.165, 1.54) is 12.1 Å². The Morgan fingerprint density at radius 1 is 1.37 bits per heavy atom. The highest BCUT2D eigenvalue weighted by Gasteiger charge is 2.24. The summed E-state index contributed by atoms with van der Waals surface area (Å²) in [5.41, 5.74) is 1.44. The maximum Gasteiger partial charge on any atom is 0.165 e. The van der Waals surface area contributed by atoms with Gasteiger partial charge in [-0.25, -0.2) is 4.39 Å². The average molecular weight is 261 g/mol. The third-order valence-corrected chi connectivity index (χ3v) is 3.91. The molecule has 19 heavy (non-hydrogen) atoms. The number of H-pyrrole nitrogens is 1. The van der Waals surface area contributed by atoms with Gasteiger partial charge in [0, 0.05) is 29.1 Å². The Morgan fingerprint density at radius 3 is 2.68 bits per heavy atom. The van der Waals surface area contributed by atoms with Crippen molar-refractivity contribution < 1.29 is 9.18 Å². The number of aromatic nitrogens is 1. The summed E-state index contributed by atoms with van der Waals surface area (Å²) in [5, 5.41) is 0.799. The Morgan fingerprint density at radius 2 is 2.05 bits per heavy atom. The summed E-state index contributed by atoms with van der Waals surface area (Å²) in [4.78, 5) is 15.3. The third kappa shape index (κ3) is 2.86. The van der Waals surface area contributed by atoms with E-state index in [0.29, 0.717) is 23.4 Å². The van der Waals surface area contributed by atoms with Crippen molar-refractivity contribution in [1.29, 1.82) is 0 Å². The quantitative estimate of drug-likeness (QED) is 0.807. The van der Waals surface area contributed by atoms with Crippen molar-refractivity contribution in [1.82, 2.24) is 4.98 Å². The molecule has 0 aliphatic heterocycles.